The zero-order valence-electron chi connectivity index (χ0n) is 13.8. The zero-order valence-corrected chi connectivity index (χ0v) is 14.6. The van der Waals surface area contributed by atoms with E-state index in [0.717, 1.165) is 0 Å². The molecule has 1 N–H and O–H groups in total. The fourth-order valence-electron chi connectivity index (χ4n) is 1.79. The monoisotopic (exact) mass is 374 g/mol. The largest absolute Gasteiger partial charge is 0.481 e. The van der Waals surface area contributed by atoms with Gasteiger partial charge in [-0.05, 0) is 25.0 Å². The molecule has 0 atom stereocenters. The average Bonchev–Trinajstić information content (AvgIpc) is 2.58. The number of aliphatic carboxylic acids is 1. The predicted octanol–water partition coefficient (Wildman–Crippen LogP) is 1.60. The smallest absolute Gasteiger partial charge is 0.305 e. The van der Waals surface area contributed by atoms with Gasteiger partial charge < -0.3 is 14.6 Å². The molecule has 1 rings (SSSR count). The molecule has 0 unspecified atom stereocenters. The third kappa shape index (κ3) is 9.80. The minimum absolute atomic E-state index is 0.0300. The lowest BCUT2D eigenvalue weighted by Gasteiger charge is -2.07. The molecule has 0 radical (unpaired) electrons. The number of benzene rings is 1. The molecule has 140 valence electrons. The number of hydrogen-bond donors (Lipinski definition) is 1. The van der Waals surface area contributed by atoms with Gasteiger partial charge in [0.05, 0.1) is 24.7 Å². The van der Waals surface area contributed by atoms with E-state index in [4.69, 9.17) is 18.8 Å². The number of carbonyl (C=O) groups is 2. The van der Waals surface area contributed by atoms with Crippen LogP contribution in [0.2, 0.25) is 0 Å². The summed E-state index contributed by atoms with van der Waals surface area (Å²) in [5, 5.41) is 8.46. The van der Waals surface area contributed by atoms with Crippen molar-refractivity contribution in [3.8, 4) is 0 Å². The summed E-state index contributed by atoms with van der Waals surface area (Å²) in [6, 6.07) is 7.78. The third-order valence-electron chi connectivity index (χ3n) is 3.01. The van der Waals surface area contributed by atoms with Crippen molar-refractivity contribution in [1.29, 1.82) is 0 Å². The minimum atomic E-state index is -3.79. The summed E-state index contributed by atoms with van der Waals surface area (Å²) < 4.78 is 38.4. The van der Waals surface area contributed by atoms with Gasteiger partial charge >= 0.3 is 11.9 Å². The second-order valence-corrected chi connectivity index (χ2v) is 6.64. The summed E-state index contributed by atoms with van der Waals surface area (Å²) in [6.07, 6.45) is 1.07. The van der Waals surface area contributed by atoms with E-state index in [0.29, 0.717) is 12.8 Å². The van der Waals surface area contributed by atoms with Crippen LogP contribution in [0, 0.1) is 0 Å². The predicted molar refractivity (Wildman–Crippen MR) is 87.5 cm³/mol. The van der Waals surface area contributed by atoms with Crippen LogP contribution in [-0.4, -0.2) is 51.9 Å². The van der Waals surface area contributed by atoms with Gasteiger partial charge in [-0.1, -0.05) is 18.2 Å². The number of esters is 1. The minimum Gasteiger partial charge on any atom is -0.481 e. The van der Waals surface area contributed by atoms with Crippen LogP contribution in [0.4, 0.5) is 0 Å². The van der Waals surface area contributed by atoms with Crippen molar-refractivity contribution in [2.75, 3.05) is 26.4 Å². The molecular formula is C16H22O8S. The molecule has 1 aromatic rings. The van der Waals surface area contributed by atoms with Crippen molar-refractivity contribution in [2.45, 2.75) is 30.6 Å². The maximum atomic E-state index is 11.8. The van der Waals surface area contributed by atoms with Crippen LogP contribution >= 0.6 is 0 Å². The molecule has 0 aromatic heterocycles. The second kappa shape index (κ2) is 11.6. The molecule has 25 heavy (non-hydrogen) atoms. The number of rotatable bonds is 13. The summed E-state index contributed by atoms with van der Waals surface area (Å²) >= 11 is 0. The quantitative estimate of drug-likeness (QED) is 0.314. The van der Waals surface area contributed by atoms with E-state index in [1.165, 1.54) is 12.1 Å². The number of ether oxygens (including phenoxy) is 2. The lowest BCUT2D eigenvalue weighted by Crippen LogP contribution is -2.15. The number of hydrogen-bond acceptors (Lipinski definition) is 7. The van der Waals surface area contributed by atoms with Gasteiger partial charge in [0.1, 0.15) is 6.61 Å². The van der Waals surface area contributed by atoms with Crippen LogP contribution < -0.4 is 0 Å². The van der Waals surface area contributed by atoms with E-state index in [-0.39, 0.29) is 44.2 Å². The molecule has 9 heteroatoms. The summed E-state index contributed by atoms with van der Waals surface area (Å²) in [6.45, 7) is 0.0708. The highest BCUT2D eigenvalue weighted by Gasteiger charge is 2.13. The first-order chi connectivity index (χ1) is 11.9. The average molecular weight is 374 g/mol. The highest BCUT2D eigenvalue weighted by molar-refractivity contribution is 7.86. The Balaban J connectivity index is 2.03. The molecule has 8 nitrogen and oxygen atoms in total. The SMILES string of the molecule is O=C(O)CCCCC(=O)OCCOCCOS(=O)(=O)c1ccccc1. The van der Waals surface area contributed by atoms with Crippen LogP contribution in [0.1, 0.15) is 25.7 Å². The molecule has 1 aromatic carbocycles. The van der Waals surface area contributed by atoms with Crippen LogP contribution in [0.15, 0.2) is 35.2 Å². The van der Waals surface area contributed by atoms with E-state index in [2.05, 4.69) is 0 Å². The van der Waals surface area contributed by atoms with Gasteiger partial charge in [0.15, 0.2) is 0 Å². The zero-order chi connectivity index (χ0) is 18.5. The molecule has 0 saturated heterocycles. The van der Waals surface area contributed by atoms with Crippen molar-refractivity contribution in [2.24, 2.45) is 0 Å². The lowest BCUT2D eigenvalue weighted by atomic mass is 10.2. The van der Waals surface area contributed by atoms with Gasteiger partial charge in [0, 0.05) is 12.8 Å². The second-order valence-electron chi connectivity index (χ2n) is 5.02. The van der Waals surface area contributed by atoms with E-state index < -0.39 is 22.1 Å². The Morgan fingerprint density at radius 2 is 1.56 bits per heavy atom. The topological polar surface area (TPSA) is 116 Å². The fraction of sp³-hybridized carbons (Fsp3) is 0.500. The van der Waals surface area contributed by atoms with Crippen LogP contribution in [-0.2, 0) is 33.4 Å². The van der Waals surface area contributed by atoms with Crippen LogP contribution in [0.3, 0.4) is 0 Å². The molecule has 0 bridgehead atoms. The fourth-order valence-corrected chi connectivity index (χ4v) is 2.71. The van der Waals surface area contributed by atoms with Crippen molar-refractivity contribution >= 4 is 22.1 Å². The molecule has 0 saturated carbocycles. The summed E-state index contributed by atoms with van der Waals surface area (Å²) in [5.74, 6) is -1.31. The Hall–Kier alpha value is -1.97. The molecule has 0 aliphatic carbocycles. The highest BCUT2D eigenvalue weighted by Crippen LogP contribution is 2.10. The highest BCUT2D eigenvalue weighted by atomic mass is 32.2. The molecule has 0 aliphatic heterocycles. The Morgan fingerprint density at radius 1 is 0.920 bits per heavy atom. The molecule has 0 spiro atoms. The van der Waals surface area contributed by atoms with E-state index in [1.807, 2.05) is 0 Å². The van der Waals surface area contributed by atoms with E-state index in [1.54, 1.807) is 18.2 Å². The van der Waals surface area contributed by atoms with Crippen LogP contribution in [0.25, 0.3) is 0 Å². The first-order valence-electron chi connectivity index (χ1n) is 7.81. The molecule has 0 fully saturated rings. The Morgan fingerprint density at radius 3 is 2.24 bits per heavy atom. The first-order valence-corrected chi connectivity index (χ1v) is 9.22. The number of carbonyl (C=O) groups excluding carboxylic acids is 1. The lowest BCUT2D eigenvalue weighted by molar-refractivity contribution is -0.145. The van der Waals surface area contributed by atoms with Gasteiger partial charge in [0.25, 0.3) is 10.1 Å². The van der Waals surface area contributed by atoms with Gasteiger partial charge in [-0.3, -0.25) is 13.8 Å². The van der Waals surface area contributed by atoms with E-state index >= 15 is 0 Å². The number of carboxylic acids is 1. The van der Waals surface area contributed by atoms with Crippen molar-refractivity contribution < 1.29 is 36.8 Å². The van der Waals surface area contributed by atoms with Crippen LogP contribution in [0.5, 0.6) is 0 Å². The van der Waals surface area contributed by atoms with E-state index in [9.17, 15) is 18.0 Å². The Kier molecular flexibility index (Phi) is 9.75. The summed E-state index contributed by atoms with van der Waals surface area (Å²) in [7, 11) is -3.79. The molecule has 0 heterocycles. The molecular weight excluding hydrogens is 352 g/mol. The third-order valence-corrected chi connectivity index (χ3v) is 4.34. The normalized spacial score (nSPS) is 11.2. The van der Waals surface area contributed by atoms with Gasteiger partial charge in [0.2, 0.25) is 0 Å². The van der Waals surface area contributed by atoms with Crippen molar-refractivity contribution in [3.63, 3.8) is 0 Å². The maximum Gasteiger partial charge on any atom is 0.305 e. The summed E-state index contributed by atoms with van der Waals surface area (Å²) in [5.41, 5.74) is 0. The number of carboxylic acid groups (broad SMARTS) is 1. The molecule has 0 aliphatic rings. The van der Waals surface area contributed by atoms with Gasteiger partial charge in [-0.2, -0.15) is 8.42 Å². The molecule has 0 amide bonds. The summed E-state index contributed by atoms with van der Waals surface area (Å²) in [4.78, 5) is 21.7. The van der Waals surface area contributed by atoms with Gasteiger partial charge in [-0.15, -0.1) is 0 Å². The first kappa shape index (κ1) is 21.1. The maximum absolute atomic E-state index is 11.8. The Labute approximate surface area is 146 Å². The Bertz CT molecular complexity index is 627. The number of unbranched alkanes of at least 4 members (excludes halogenated alkanes) is 1. The standard InChI is InChI=1S/C16H22O8S/c17-15(18)8-4-5-9-16(19)23-12-10-22-11-13-24-25(20,21)14-6-2-1-3-7-14/h1-3,6-7H,4-5,8-13H2,(H,17,18). The van der Waals surface area contributed by atoms with Gasteiger partial charge in [-0.25, -0.2) is 0 Å². The van der Waals surface area contributed by atoms with Crippen molar-refractivity contribution in [3.05, 3.63) is 30.3 Å². The van der Waals surface area contributed by atoms with Crippen molar-refractivity contribution in [1.82, 2.24) is 0 Å².